The van der Waals surface area contributed by atoms with E-state index in [-0.39, 0.29) is 11.7 Å². The molecule has 0 spiro atoms. The highest BCUT2D eigenvalue weighted by Crippen LogP contribution is 2.28. The van der Waals surface area contributed by atoms with Crippen LogP contribution in [0.15, 0.2) is 47.3 Å². The normalized spacial score (nSPS) is 15.4. The molecule has 5 rings (SSSR count). The summed E-state index contributed by atoms with van der Waals surface area (Å²) in [6, 6.07) is 14.0. The first-order chi connectivity index (χ1) is 18.5. The van der Waals surface area contributed by atoms with Gasteiger partial charge in [-0.1, -0.05) is 17.7 Å². The van der Waals surface area contributed by atoms with Crippen molar-refractivity contribution in [3.8, 4) is 11.5 Å². The molecular weight excluding hydrogens is 484 g/mol. The average Bonchev–Trinajstić information content (AvgIpc) is 3.60. The first-order valence-corrected chi connectivity index (χ1v) is 12.9. The molecular formula is C28H34N6O4. The van der Waals surface area contributed by atoms with Crippen LogP contribution in [0.2, 0.25) is 0 Å². The second-order valence-corrected chi connectivity index (χ2v) is 9.78. The Hall–Kier alpha value is -3.76. The van der Waals surface area contributed by atoms with E-state index in [1.165, 1.54) is 0 Å². The number of nitrogens with zero attached hydrogens (tertiary/aromatic N) is 5. The van der Waals surface area contributed by atoms with E-state index in [4.69, 9.17) is 14.2 Å². The Bertz CT molecular complexity index is 1440. The number of rotatable bonds is 11. The Morgan fingerprint density at radius 3 is 2.76 bits per heavy atom. The Kier molecular flexibility index (Phi) is 8.00. The maximum absolute atomic E-state index is 13.0. The van der Waals surface area contributed by atoms with Gasteiger partial charge in [-0.05, 0) is 77.9 Å². The highest BCUT2D eigenvalue weighted by molar-refractivity contribution is 5.79. The molecule has 10 nitrogen and oxygen atoms in total. The smallest absolute Gasteiger partial charge is 0.252 e. The van der Waals surface area contributed by atoms with Gasteiger partial charge in [-0.25, -0.2) is 4.68 Å². The maximum Gasteiger partial charge on any atom is 0.252 e. The summed E-state index contributed by atoms with van der Waals surface area (Å²) >= 11 is 0. The zero-order valence-electron chi connectivity index (χ0n) is 22.1. The minimum Gasteiger partial charge on any atom is -0.493 e. The van der Waals surface area contributed by atoms with Crippen molar-refractivity contribution in [1.29, 1.82) is 0 Å². The first kappa shape index (κ1) is 25.9. The van der Waals surface area contributed by atoms with Crippen LogP contribution in [-0.4, -0.2) is 63.6 Å². The third-order valence-electron chi connectivity index (χ3n) is 7.01. The lowest BCUT2D eigenvalue weighted by Gasteiger charge is -2.22. The fraction of sp³-hybridized carbons (Fsp3) is 0.429. The zero-order chi connectivity index (χ0) is 26.5. The quantitative estimate of drug-likeness (QED) is 0.322. The van der Waals surface area contributed by atoms with Gasteiger partial charge in [-0.3, -0.25) is 9.69 Å². The molecule has 2 aromatic carbocycles. The number of aryl methyl sites for hydroxylation is 1. The Morgan fingerprint density at radius 1 is 1.11 bits per heavy atom. The third-order valence-corrected chi connectivity index (χ3v) is 7.01. The van der Waals surface area contributed by atoms with Gasteiger partial charge in [0.25, 0.3) is 5.56 Å². The highest BCUT2D eigenvalue weighted by atomic mass is 16.5. The lowest BCUT2D eigenvalue weighted by Crippen LogP contribution is -2.30. The van der Waals surface area contributed by atoms with E-state index in [1.807, 2.05) is 48.0 Å². The molecule has 4 aromatic rings. The number of tetrazole rings is 1. The fourth-order valence-corrected chi connectivity index (χ4v) is 4.93. The van der Waals surface area contributed by atoms with Crippen LogP contribution in [0.4, 0.5) is 0 Å². The second-order valence-electron chi connectivity index (χ2n) is 9.78. The number of aromatic nitrogens is 5. The number of hydrogen-bond acceptors (Lipinski definition) is 8. The van der Waals surface area contributed by atoms with Crippen LogP contribution in [0.25, 0.3) is 10.9 Å². The van der Waals surface area contributed by atoms with Crippen LogP contribution in [-0.2, 0) is 30.8 Å². The van der Waals surface area contributed by atoms with Crippen LogP contribution in [0.3, 0.4) is 0 Å². The van der Waals surface area contributed by atoms with E-state index in [0.717, 1.165) is 53.7 Å². The van der Waals surface area contributed by atoms with Gasteiger partial charge in [-0.15, -0.1) is 5.10 Å². The van der Waals surface area contributed by atoms with Gasteiger partial charge in [0.1, 0.15) is 0 Å². The monoisotopic (exact) mass is 518 g/mol. The van der Waals surface area contributed by atoms with E-state index in [9.17, 15) is 4.79 Å². The molecule has 200 valence electrons. The van der Waals surface area contributed by atoms with Crippen LogP contribution in [0.5, 0.6) is 11.5 Å². The van der Waals surface area contributed by atoms with Crippen molar-refractivity contribution in [1.82, 2.24) is 30.1 Å². The number of nitrogens with one attached hydrogen (secondary N) is 1. The summed E-state index contributed by atoms with van der Waals surface area (Å²) < 4.78 is 18.5. The van der Waals surface area contributed by atoms with Crippen molar-refractivity contribution in [2.75, 3.05) is 27.4 Å². The molecule has 1 N–H and O–H groups in total. The molecule has 0 radical (unpaired) electrons. The van der Waals surface area contributed by atoms with E-state index in [1.54, 1.807) is 14.2 Å². The van der Waals surface area contributed by atoms with Crippen molar-refractivity contribution in [2.24, 2.45) is 0 Å². The SMILES string of the molecule is COc1ccc(CCN(Cc2cc3cc(C)ccc3[nH]c2=O)Cc2nnnn2C[C@@H]2CCCO2)cc1OC. The lowest BCUT2D eigenvalue weighted by molar-refractivity contribution is 0.0916. The number of ether oxygens (including phenoxy) is 3. The van der Waals surface area contributed by atoms with Gasteiger partial charge in [0.2, 0.25) is 0 Å². The van der Waals surface area contributed by atoms with E-state index < -0.39 is 0 Å². The van der Waals surface area contributed by atoms with Crippen molar-refractivity contribution >= 4 is 10.9 Å². The largest absolute Gasteiger partial charge is 0.493 e. The molecule has 0 unspecified atom stereocenters. The molecule has 1 aliphatic rings. The fourth-order valence-electron chi connectivity index (χ4n) is 4.93. The summed E-state index contributed by atoms with van der Waals surface area (Å²) in [5, 5.41) is 13.5. The molecule has 10 heteroatoms. The summed E-state index contributed by atoms with van der Waals surface area (Å²) in [5.41, 5.74) is 3.70. The van der Waals surface area contributed by atoms with E-state index in [2.05, 4.69) is 31.5 Å². The van der Waals surface area contributed by atoms with Crippen LogP contribution in [0.1, 0.15) is 35.4 Å². The summed E-state index contributed by atoms with van der Waals surface area (Å²) in [6.45, 7) is 5.10. The van der Waals surface area contributed by atoms with Gasteiger partial charge in [0.05, 0.1) is 33.4 Å². The number of aromatic amines is 1. The predicted molar refractivity (Wildman–Crippen MR) is 143 cm³/mol. The number of hydrogen-bond donors (Lipinski definition) is 1. The van der Waals surface area contributed by atoms with Gasteiger partial charge in [0.15, 0.2) is 17.3 Å². The molecule has 1 fully saturated rings. The number of H-pyrrole nitrogens is 1. The molecule has 1 atom stereocenters. The van der Waals surface area contributed by atoms with E-state index >= 15 is 0 Å². The van der Waals surface area contributed by atoms with Gasteiger partial charge in [-0.2, -0.15) is 0 Å². The molecule has 0 saturated carbocycles. The molecule has 0 aliphatic carbocycles. The topological polar surface area (TPSA) is 107 Å². The number of pyridine rings is 1. The molecule has 0 bridgehead atoms. The lowest BCUT2D eigenvalue weighted by atomic mass is 10.1. The predicted octanol–water partition coefficient (Wildman–Crippen LogP) is 3.26. The molecule has 1 aliphatic heterocycles. The summed E-state index contributed by atoms with van der Waals surface area (Å²) in [4.78, 5) is 18.3. The van der Waals surface area contributed by atoms with Gasteiger partial charge < -0.3 is 19.2 Å². The van der Waals surface area contributed by atoms with Crippen molar-refractivity contribution < 1.29 is 14.2 Å². The van der Waals surface area contributed by atoms with Gasteiger partial charge >= 0.3 is 0 Å². The number of fused-ring (bicyclic) bond motifs is 1. The Balaban J connectivity index is 1.39. The van der Waals surface area contributed by atoms with Crippen LogP contribution in [0, 0.1) is 6.92 Å². The molecule has 0 amide bonds. The summed E-state index contributed by atoms with van der Waals surface area (Å²) in [7, 11) is 3.26. The minimum absolute atomic E-state index is 0.0867. The molecule has 1 saturated heterocycles. The summed E-state index contributed by atoms with van der Waals surface area (Å²) in [6.07, 6.45) is 2.94. The number of methoxy groups -OCH3 is 2. The molecule has 3 heterocycles. The highest BCUT2D eigenvalue weighted by Gasteiger charge is 2.21. The van der Waals surface area contributed by atoms with Gasteiger partial charge in [0, 0.05) is 30.8 Å². The summed E-state index contributed by atoms with van der Waals surface area (Å²) in [5.74, 6) is 2.14. The zero-order valence-corrected chi connectivity index (χ0v) is 22.1. The Labute approximate surface area is 221 Å². The second kappa shape index (κ2) is 11.7. The Morgan fingerprint density at radius 2 is 1.97 bits per heavy atom. The average molecular weight is 519 g/mol. The maximum atomic E-state index is 13.0. The third kappa shape index (κ3) is 6.03. The van der Waals surface area contributed by atoms with Crippen LogP contribution < -0.4 is 15.0 Å². The molecule has 2 aromatic heterocycles. The first-order valence-electron chi connectivity index (χ1n) is 12.9. The molecule has 38 heavy (non-hydrogen) atoms. The van der Waals surface area contributed by atoms with Crippen molar-refractivity contribution in [3.63, 3.8) is 0 Å². The standard InChI is InChI=1S/C28H34N6O4/c1-19-6-8-24-21(13-19)15-22(28(35)29-24)16-33(11-10-20-7-9-25(36-2)26(14-20)37-3)18-27-30-31-32-34(27)17-23-5-4-12-38-23/h6-9,13-15,23H,4-5,10-12,16-18H2,1-3H3,(H,29,35)/t23-/m0/s1. The number of benzene rings is 2. The van der Waals surface area contributed by atoms with E-state index in [0.29, 0.717) is 43.2 Å². The van der Waals surface area contributed by atoms with Crippen LogP contribution >= 0.6 is 0 Å². The van der Waals surface area contributed by atoms with Crippen molar-refractivity contribution in [2.45, 2.75) is 51.9 Å². The minimum atomic E-state index is -0.0867. The van der Waals surface area contributed by atoms with Crippen molar-refractivity contribution in [3.05, 3.63) is 75.3 Å².